The van der Waals surface area contributed by atoms with Gasteiger partial charge in [-0.1, -0.05) is 42.5 Å². The molecule has 6 nitrogen and oxygen atoms in total. The molecule has 0 saturated heterocycles. The van der Waals surface area contributed by atoms with Crippen molar-refractivity contribution in [3.63, 3.8) is 0 Å². The lowest BCUT2D eigenvalue weighted by molar-refractivity contribution is 0.284. The Morgan fingerprint density at radius 3 is 2.53 bits per heavy atom. The minimum atomic E-state index is -0.392. The maximum Gasteiger partial charge on any atom is 0.205 e. The number of nitriles is 1. The lowest BCUT2D eigenvalue weighted by atomic mass is 9.83. The molecule has 150 valence electrons. The first-order chi connectivity index (χ1) is 14.6. The Morgan fingerprint density at radius 1 is 1.00 bits per heavy atom. The van der Waals surface area contributed by atoms with Gasteiger partial charge in [-0.25, -0.2) is 0 Å². The predicted octanol–water partition coefficient (Wildman–Crippen LogP) is 4.07. The zero-order valence-electron chi connectivity index (χ0n) is 16.5. The van der Waals surface area contributed by atoms with Gasteiger partial charge in [-0.3, -0.25) is 0 Å². The monoisotopic (exact) mass is 399 g/mol. The number of benzene rings is 3. The van der Waals surface area contributed by atoms with Gasteiger partial charge in [0.05, 0.1) is 13.0 Å². The van der Waals surface area contributed by atoms with Gasteiger partial charge >= 0.3 is 0 Å². The van der Waals surface area contributed by atoms with Crippen LogP contribution in [0.5, 0.6) is 17.2 Å². The number of hydrogen-bond acceptors (Lipinski definition) is 6. The molecule has 30 heavy (non-hydrogen) atoms. The highest BCUT2D eigenvalue weighted by Crippen LogP contribution is 2.44. The summed E-state index contributed by atoms with van der Waals surface area (Å²) < 4.78 is 17.1. The molecule has 0 radical (unpaired) electrons. The lowest BCUT2D eigenvalue weighted by Crippen LogP contribution is -2.21. The Bertz CT molecular complexity index is 1150. The molecule has 0 fully saturated rings. The first-order valence-electron chi connectivity index (χ1n) is 9.42. The highest BCUT2D eigenvalue weighted by Gasteiger charge is 2.31. The summed E-state index contributed by atoms with van der Waals surface area (Å²) in [6, 6.07) is 23.0. The fourth-order valence-electron chi connectivity index (χ4n) is 3.53. The molecular formula is C24H21N3O3. The van der Waals surface area contributed by atoms with E-state index in [1.807, 2.05) is 54.6 Å². The SMILES string of the molecule is COc1cc(C2C(C#N)=C(N)Oc3cc(N)ccc32)ccc1OCc1ccccc1. The molecule has 3 aromatic rings. The van der Waals surface area contributed by atoms with Crippen LogP contribution in [0.1, 0.15) is 22.6 Å². The van der Waals surface area contributed by atoms with E-state index in [4.69, 9.17) is 25.7 Å². The standard InChI is InChI=1S/C24H21N3O3/c1-28-22-11-16(7-10-20(22)29-14-15-5-3-2-4-6-15)23-18-9-8-17(26)12-21(18)30-24(27)19(23)13-25/h2-12,23H,14,26-27H2,1H3. The molecule has 3 aromatic carbocycles. The molecule has 0 saturated carbocycles. The van der Waals surface area contributed by atoms with E-state index in [1.165, 1.54) is 0 Å². The number of ether oxygens (including phenoxy) is 3. The van der Waals surface area contributed by atoms with Crippen LogP contribution in [0, 0.1) is 11.3 Å². The van der Waals surface area contributed by atoms with Gasteiger partial charge in [0.1, 0.15) is 24.0 Å². The molecule has 0 aromatic heterocycles. The van der Waals surface area contributed by atoms with Crippen molar-refractivity contribution >= 4 is 5.69 Å². The molecule has 1 aliphatic heterocycles. The average molecular weight is 399 g/mol. The third-order valence-electron chi connectivity index (χ3n) is 5.00. The molecule has 0 aliphatic carbocycles. The first kappa shape index (κ1) is 19.2. The molecule has 0 amide bonds. The maximum atomic E-state index is 9.72. The van der Waals surface area contributed by atoms with Crippen LogP contribution in [0.3, 0.4) is 0 Å². The topological polar surface area (TPSA) is 104 Å². The summed E-state index contributed by atoms with van der Waals surface area (Å²) in [6.07, 6.45) is 0. The van der Waals surface area contributed by atoms with Gasteiger partial charge in [-0.15, -0.1) is 0 Å². The minimum Gasteiger partial charge on any atom is -0.493 e. The number of anilines is 1. The van der Waals surface area contributed by atoms with E-state index in [2.05, 4.69) is 6.07 Å². The van der Waals surface area contributed by atoms with E-state index in [1.54, 1.807) is 19.2 Å². The van der Waals surface area contributed by atoms with Crippen molar-refractivity contribution < 1.29 is 14.2 Å². The summed E-state index contributed by atoms with van der Waals surface area (Å²) in [5.41, 5.74) is 15.5. The zero-order valence-corrected chi connectivity index (χ0v) is 16.5. The van der Waals surface area contributed by atoms with E-state index in [9.17, 15) is 5.26 Å². The highest BCUT2D eigenvalue weighted by atomic mass is 16.5. The van der Waals surface area contributed by atoms with Crippen LogP contribution < -0.4 is 25.7 Å². The van der Waals surface area contributed by atoms with Crippen molar-refractivity contribution in [2.24, 2.45) is 5.73 Å². The first-order valence-corrected chi connectivity index (χ1v) is 9.42. The van der Waals surface area contributed by atoms with Crippen LogP contribution in [-0.2, 0) is 6.61 Å². The Hall–Kier alpha value is -4.11. The van der Waals surface area contributed by atoms with Crippen molar-refractivity contribution in [2.45, 2.75) is 12.5 Å². The van der Waals surface area contributed by atoms with E-state index in [-0.39, 0.29) is 5.88 Å². The summed E-state index contributed by atoms with van der Waals surface area (Å²) in [4.78, 5) is 0. The van der Waals surface area contributed by atoms with E-state index in [0.717, 1.165) is 16.7 Å². The van der Waals surface area contributed by atoms with Gasteiger partial charge in [-0.2, -0.15) is 5.26 Å². The lowest BCUT2D eigenvalue weighted by Gasteiger charge is -2.27. The minimum absolute atomic E-state index is 0.0731. The van der Waals surface area contributed by atoms with Gasteiger partial charge in [-0.05, 0) is 29.3 Å². The fraction of sp³-hybridized carbons (Fsp3) is 0.125. The number of rotatable bonds is 5. The number of allylic oxidation sites excluding steroid dienone is 1. The average Bonchev–Trinajstić information content (AvgIpc) is 2.77. The number of methoxy groups -OCH3 is 1. The van der Waals surface area contributed by atoms with E-state index in [0.29, 0.717) is 35.1 Å². The molecular weight excluding hydrogens is 378 g/mol. The van der Waals surface area contributed by atoms with Crippen molar-refractivity contribution in [1.82, 2.24) is 0 Å². The summed E-state index contributed by atoms with van der Waals surface area (Å²) >= 11 is 0. The fourth-order valence-corrected chi connectivity index (χ4v) is 3.53. The number of hydrogen-bond donors (Lipinski definition) is 2. The quantitative estimate of drug-likeness (QED) is 0.627. The molecule has 1 aliphatic rings. The van der Waals surface area contributed by atoms with Crippen molar-refractivity contribution in [3.05, 3.63) is 94.9 Å². The van der Waals surface area contributed by atoms with Crippen LogP contribution in [0.15, 0.2) is 78.2 Å². The van der Waals surface area contributed by atoms with Gasteiger partial charge in [0.25, 0.3) is 0 Å². The summed E-state index contributed by atoms with van der Waals surface area (Å²) in [7, 11) is 1.59. The van der Waals surface area contributed by atoms with Crippen molar-refractivity contribution in [3.8, 4) is 23.3 Å². The molecule has 0 bridgehead atoms. The molecule has 4 N–H and O–H groups in total. The number of nitrogens with two attached hydrogens (primary N) is 2. The van der Waals surface area contributed by atoms with Crippen LogP contribution >= 0.6 is 0 Å². The van der Waals surface area contributed by atoms with E-state index < -0.39 is 5.92 Å². The molecule has 6 heteroatoms. The Kier molecular flexibility index (Phi) is 5.19. The second-order valence-corrected chi connectivity index (χ2v) is 6.91. The van der Waals surface area contributed by atoms with E-state index >= 15 is 0 Å². The zero-order chi connectivity index (χ0) is 21.1. The third-order valence-corrected chi connectivity index (χ3v) is 5.00. The summed E-state index contributed by atoms with van der Waals surface area (Å²) in [6.45, 7) is 0.423. The molecule has 1 atom stereocenters. The van der Waals surface area contributed by atoms with Crippen LogP contribution in [0.4, 0.5) is 5.69 Å². The number of nitrogens with zero attached hydrogens (tertiary/aromatic N) is 1. The van der Waals surface area contributed by atoms with Gasteiger partial charge in [0.2, 0.25) is 5.88 Å². The van der Waals surface area contributed by atoms with Gasteiger partial charge in [0, 0.05) is 17.3 Å². The predicted molar refractivity (Wildman–Crippen MR) is 114 cm³/mol. The Morgan fingerprint density at radius 2 is 1.80 bits per heavy atom. The Labute approximate surface area is 174 Å². The van der Waals surface area contributed by atoms with Crippen LogP contribution in [0.2, 0.25) is 0 Å². The normalized spacial score (nSPS) is 15.0. The smallest absolute Gasteiger partial charge is 0.205 e. The molecule has 4 rings (SSSR count). The number of fused-ring (bicyclic) bond motifs is 1. The molecule has 1 unspecified atom stereocenters. The third kappa shape index (κ3) is 3.61. The largest absolute Gasteiger partial charge is 0.493 e. The molecule has 0 spiro atoms. The number of nitrogen functional groups attached to an aromatic ring is 1. The van der Waals surface area contributed by atoms with Gasteiger partial charge < -0.3 is 25.7 Å². The second kappa shape index (κ2) is 8.10. The van der Waals surface area contributed by atoms with Crippen LogP contribution in [-0.4, -0.2) is 7.11 Å². The van der Waals surface area contributed by atoms with Crippen molar-refractivity contribution in [2.75, 3.05) is 12.8 Å². The highest BCUT2D eigenvalue weighted by molar-refractivity contribution is 5.60. The van der Waals surface area contributed by atoms with Crippen LogP contribution in [0.25, 0.3) is 0 Å². The summed E-state index contributed by atoms with van der Waals surface area (Å²) in [5.74, 6) is 1.41. The molecule has 1 heterocycles. The van der Waals surface area contributed by atoms with Gasteiger partial charge in [0.15, 0.2) is 11.5 Å². The van der Waals surface area contributed by atoms with Crippen molar-refractivity contribution in [1.29, 1.82) is 5.26 Å². The Balaban J connectivity index is 1.70. The summed E-state index contributed by atoms with van der Waals surface area (Å²) in [5, 5.41) is 9.72. The second-order valence-electron chi connectivity index (χ2n) is 6.91. The maximum absolute atomic E-state index is 9.72.